The Morgan fingerprint density at radius 1 is 1.33 bits per heavy atom. The molecule has 1 aliphatic rings. The Morgan fingerprint density at radius 2 is 2.00 bits per heavy atom. The number of thioether (sulfide) groups is 1. The highest BCUT2D eigenvalue weighted by Crippen LogP contribution is 2.32. The molecular weight excluding hydrogens is 444 g/mol. The van der Waals surface area contributed by atoms with Crippen molar-refractivity contribution in [1.29, 1.82) is 0 Å². The topological polar surface area (TPSA) is 106 Å². The van der Waals surface area contributed by atoms with Crippen LogP contribution >= 0.6 is 23.4 Å². The summed E-state index contributed by atoms with van der Waals surface area (Å²) in [6, 6.07) is 7.05. The highest BCUT2D eigenvalue weighted by atomic mass is 35.5. The first kappa shape index (κ1) is 22.8. The van der Waals surface area contributed by atoms with Crippen LogP contribution in [-0.2, 0) is 21.1 Å². The molecule has 2 N–H and O–H groups in total. The monoisotopic (exact) mass is 468 g/mol. The molecule has 2 heterocycles. The van der Waals surface area contributed by atoms with Crippen molar-refractivity contribution in [3.8, 4) is 11.1 Å². The molecule has 2 unspecified atom stereocenters. The summed E-state index contributed by atoms with van der Waals surface area (Å²) in [6.45, 7) is 3.75. The second-order valence-electron chi connectivity index (χ2n) is 7.34. The first-order chi connectivity index (χ1) is 14.1. The molecule has 10 heteroatoms. The molecule has 0 aliphatic carbocycles. The maximum Gasteiger partial charge on any atom is 0.235 e. The van der Waals surface area contributed by atoms with Crippen LogP contribution in [-0.4, -0.2) is 59.0 Å². The molecule has 1 aliphatic heterocycles. The van der Waals surface area contributed by atoms with E-state index in [1.54, 1.807) is 26.1 Å². The fourth-order valence-electron chi connectivity index (χ4n) is 3.50. The number of carbonyl (C=O) groups excluding carboxylic acids is 1. The lowest BCUT2D eigenvalue weighted by Gasteiger charge is -2.26. The number of aromatic nitrogens is 2. The second-order valence-corrected chi connectivity index (χ2v) is 11.3. The van der Waals surface area contributed by atoms with Crippen molar-refractivity contribution < 1.29 is 13.2 Å². The molecule has 0 radical (unpaired) electrons. The van der Waals surface area contributed by atoms with E-state index < -0.39 is 15.1 Å². The summed E-state index contributed by atoms with van der Waals surface area (Å²) in [4.78, 5) is 23.4. The van der Waals surface area contributed by atoms with Gasteiger partial charge >= 0.3 is 0 Å². The minimum absolute atomic E-state index is 0.0197. The molecule has 0 bridgehead atoms. The van der Waals surface area contributed by atoms with Gasteiger partial charge in [0.25, 0.3) is 0 Å². The number of sulfone groups is 1. The summed E-state index contributed by atoms with van der Waals surface area (Å²) in [6.07, 6.45) is 1.13. The summed E-state index contributed by atoms with van der Waals surface area (Å²) in [5.41, 5.74) is 8.70. The Hall–Kier alpha value is -1.84. The van der Waals surface area contributed by atoms with Crippen molar-refractivity contribution in [2.75, 3.05) is 24.3 Å². The number of nitrogens with two attached hydrogens (primary N) is 1. The molecule has 1 saturated heterocycles. The van der Waals surface area contributed by atoms with E-state index in [0.717, 1.165) is 16.8 Å². The second kappa shape index (κ2) is 9.11. The van der Waals surface area contributed by atoms with Gasteiger partial charge in [0.15, 0.2) is 15.0 Å². The van der Waals surface area contributed by atoms with Crippen LogP contribution in [0.1, 0.15) is 26.0 Å². The van der Waals surface area contributed by atoms with Crippen LogP contribution in [0.3, 0.4) is 0 Å². The molecule has 162 valence electrons. The lowest BCUT2D eigenvalue weighted by atomic mass is 10.0. The highest BCUT2D eigenvalue weighted by Gasteiger charge is 2.34. The van der Waals surface area contributed by atoms with E-state index in [4.69, 9.17) is 17.3 Å². The van der Waals surface area contributed by atoms with Gasteiger partial charge in [0.2, 0.25) is 5.91 Å². The Bertz CT molecular complexity index is 1040. The molecule has 30 heavy (non-hydrogen) atoms. The normalized spacial score (nSPS) is 18.9. The maximum atomic E-state index is 12.8. The zero-order chi connectivity index (χ0) is 22.1. The third kappa shape index (κ3) is 5.07. The molecule has 2 aromatic rings. The molecule has 1 aromatic carbocycles. The molecular formula is C20H25ClN4O3S2. The minimum Gasteiger partial charge on any atom is -0.383 e. The van der Waals surface area contributed by atoms with Crippen LogP contribution in [0.4, 0.5) is 5.82 Å². The summed E-state index contributed by atoms with van der Waals surface area (Å²) in [7, 11) is -1.40. The van der Waals surface area contributed by atoms with Crippen molar-refractivity contribution >= 4 is 44.9 Å². The number of hydrogen-bond acceptors (Lipinski definition) is 7. The van der Waals surface area contributed by atoms with Crippen molar-refractivity contribution in [1.82, 2.24) is 14.9 Å². The summed E-state index contributed by atoms with van der Waals surface area (Å²) >= 11 is 7.20. The number of rotatable bonds is 6. The number of anilines is 1. The van der Waals surface area contributed by atoms with Crippen LogP contribution in [0.2, 0.25) is 5.02 Å². The Kier molecular flexibility index (Phi) is 6.94. The van der Waals surface area contributed by atoms with Gasteiger partial charge in [-0.3, -0.25) is 4.79 Å². The van der Waals surface area contributed by atoms with E-state index in [0.29, 0.717) is 28.8 Å². The number of benzene rings is 1. The van der Waals surface area contributed by atoms with Gasteiger partial charge in [-0.2, -0.15) is 0 Å². The lowest BCUT2D eigenvalue weighted by Crippen LogP contribution is -2.41. The van der Waals surface area contributed by atoms with Crippen molar-refractivity contribution in [2.24, 2.45) is 0 Å². The van der Waals surface area contributed by atoms with E-state index in [9.17, 15) is 13.2 Å². The van der Waals surface area contributed by atoms with Crippen LogP contribution in [0.5, 0.6) is 0 Å². The molecule has 2 atom stereocenters. The standard InChI is InChI=1S/C20H25ClN4O3S2/c1-4-16-17(13-5-7-14(21)8-6-13)18(22)24-20(23-16)29-12(2)19(26)25(3)15-9-10-30(27,28)11-15/h5-8,12,15H,4,9-11H2,1-3H3,(H2,22,23,24). The largest absolute Gasteiger partial charge is 0.383 e. The Balaban J connectivity index is 1.78. The third-order valence-corrected chi connectivity index (χ3v) is 8.14. The van der Waals surface area contributed by atoms with E-state index in [1.807, 2.05) is 19.1 Å². The van der Waals surface area contributed by atoms with E-state index in [-0.39, 0.29) is 23.5 Å². The average Bonchev–Trinajstić information content (AvgIpc) is 3.07. The average molecular weight is 469 g/mol. The summed E-state index contributed by atoms with van der Waals surface area (Å²) in [5, 5.41) is 0.592. The molecule has 3 rings (SSSR count). The number of halogens is 1. The predicted octanol–water partition coefficient (Wildman–Crippen LogP) is 3.07. The Labute approximate surface area is 186 Å². The van der Waals surface area contributed by atoms with Crippen LogP contribution in [0, 0.1) is 0 Å². The summed E-state index contributed by atoms with van der Waals surface area (Å²) < 4.78 is 23.4. The Morgan fingerprint density at radius 3 is 2.57 bits per heavy atom. The smallest absolute Gasteiger partial charge is 0.235 e. The summed E-state index contributed by atoms with van der Waals surface area (Å²) in [5.74, 6) is 0.347. The first-order valence-corrected chi connectivity index (χ1v) is 12.7. The number of hydrogen-bond donors (Lipinski definition) is 1. The van der Waals surface area contributed by atoms with Gasteiger partial charge in [0.1, 0.15) is 5.82 Å². The molecule has 1 amide bonds. The number of nitrogen functional groups attached to an aromatic ring is 1. The van der Waals surface area contributed by atoms with Gasteiger partial charge in [-0.15, -0.1) is 0 Å². The fourth-order valence-corrected chi connectivity index (χ4v) is 6.30. The number of carbonyl (C=O) groups is 1. The van der Waals surface area contributed by atoms with E-state index in [2.05, 4.69) is 9.97 Å². The number of aryl methyl sites for hydroxylation is 1. The van der Waals surface area contributed by atoms with Crippen LogP contribution < -0.4 is 5.73 Å². The SMILES string of the molecule is CCc1nc(SC(C)C(=O)N(C)C2CCS(=O)(=O)C2)nc(N)c1-c1ccc(Cl)cc1. The molecule has 1 aromatic heterocycles. The predicted molar refractivity (Wildman–Crippen MR) is 121 cm³/mol. The van der Waals surface area contributed by atoms with Crippen LogP contribution in [0.25, 0.3) is 11.1 Å². The van der Waals surface area contributed by atoms with Gasteiger partial charge in [0, 0.05) is 23.7 Å². The molecule has 7 nitrogen and oxygen atoms in total. The molecule has 0 saturated carbocycles. The zero-order valence-electron chi connectivity index (χ0n) is 17.1. The van der Waals surface area contributed by atoms with Gasteiger partial charge in [-0.1, -0.05) is 42.4 Å². The van der Waals surface area contributed by atoms with Crippen LogP contribution in [0.15, 0.2) is 29.4 Å². The maximum absolute atomic E-state index is 12.8. The van der Waals surface area contributed by atoms with Gasteiger partial charge < -0.3 is 10.6 Å². The van der Waals surface area contributed by atoms with Crippen molar-refractivity contribution in [3.63, 3.8) is 0 Å². The number of amides is 1. The number of nitrogens with zero attached hydrogens (tertiary/aromatic N) is 3. The highest BCUT2D eigenvalue weighted by molar-refractivity contribution is 8.00. The molecule has 1 fully saturated rings. The van der Waals surface area contributed by atoms with Gasteiger partial charge in [0.05, 0.1) is 22.4 Å². The van der Waals surface area contributed by atoms with Gasteiger partial charge in [-0.05, 0) is 37.5 Å². The van der Waals surface area contributed by atoms with E-state index in [1.165, 1.54) is 16.7 Å². The lowest BCUT2D eigenvalue weighted by molar-refractivity contribution is -0.130. The van der Waals surface area contributed by atoms with Crippen molar-refractivity contribution in [3.05, 3.63) is 35.0 Å². The quantitative estimate of drug-likeness (QED) is 0.512. The fraction of sp³-hybridized carbons (Fsp3) is 0.450. The van der Waals surface area contributed by atoms with E-state index >= 15 is 0 Å². The van der Waals surface area contributed by atoms with Gasteiger partial charge in [-0.25, -0.2) is 18.4 Å². The first-order valence-electron chi connectivity index (χ1n) is 9.67. The van der Waals surface area contributed by atoms with Crippen molar-refractivity contribution in [2.45, 2.75) is 43.1 Å². The minimum atomic E-state index is -3.06. The molecule has 0 spiro atoms. The third-order valence-electron chi connectivity index (χ3n) is 5.19. The zero-order valence-corrected chi connectivity index (χ0v) is 19.5.